The summed E-state index contributed by atoms with van der Waals surface area (Å²) in [5.74, 6) is -0.193. The third-order valence-electron chi connectivity index (χ3n) is 2.61. The number of hydrogen-bond acceptors (Lipinski definition) is 5. The van der Waals surface area contributed by atoms with Gasteiger partial charge in [-0.2, -0.15) is 0 Å². The fraction of sp³-hybridized carbons (Fsp3) is 0.182. The van der Waals surface area contributed by atoms with Gasteiger partial charge in [0.15, 0.2) is 5.69 Å². The van der Waals surface area contributed by atoms with Gasteiger partial charge >= 0.3 is 0 Å². The largest absolute Gasteiger partial charge is 0.496 e. The van der Waals surface area contributed by atoms with Crippen molar-refractivity contribution in [3.05, 3.63) is 21.8 Å². The van der Waals surface area contributed by atoms with E-state index < -0.39 is 5.91 Å². The number of benzene rings is 1. The summed E-state index contributed by atoms with van der Waals surface area (Å²) in [5, 5.41) is 8.25. The van der Waals surface area contributed by atoms with Crippen LogP contribution in [0, 0.1) is 6.92 Å². The summed E-state index contributed by atoms with van der Waals surface area (Å²) in [4.78, 5) is 11.2. The van der Waals surface area contributed by atoms with E-state index in [0.29, 0.717) is 16.7 Å². The van der Waals surface area contributed by atoms with Crippen molar-refractivity contribution < 1.29 is 9.53 Å². The SMILES string of the molecule is COc1cc(C)c(Br)c2nnc(C(N)=O)c(N)c12. The molecule has 18 heavy (non-hydrogen) atoms. The van der Waals surface area contributed by atoms with Crippen LogP contribution in [0.25, 0.3) is 10.9 Å². The van der Waals surface area contributed by atoms with Gasteiger partial charge < -0.3 is 16.2 Å². The molecule has 0 aliphatic carbocycles. The van der Waals surface area contributed by atoms with Crippen LogP contribution in [0.1, 0.15) is 16.1 Å². The van der Waals surface area contributed by atoms with Gasteiger partial charge in [-0.25, -0.2) is 0 Å². The predicted octanol–water partition coefficient (Wildman–Crippen LogP) is 1.39. The van der Waals surface area contributed by atoms with Crippen molar-refractivity contribution in [3.8, 4) is 5.75 Å². The Labute approximate surface area is 111 Å². The molecule has 0 radical (unpaired) electrons. The molecular weight excluding hydrogens is 300 g/mol. The fourth-order valence-electron chi connectivity index (χ4n) is 1.71. The number of ether oxygens (including phenoxy) is 1. The highest BCUT2D eigenvalue weighted by molar-refractivity contribution is 9.10. The number of nitrogens with zero attached hydrogens (tertiary/aromatic N) is 2. The van der Waals surface area contributed by atoms with E-state index in [1.807, 2.05) is 6.92 Å². The first-order chi connectivity index (χ1) is 8.47. The minimum atomic E-state index is -0.722. The number of carbonyl (C=O) groups is 1. The van der Waals surface area contributed by atoms with Crippen molar-refractivity contribution in [2.24, 2.45) is 5.73 Å². The van der Waals surface area contributed by atoms with Gasteiger partial charge in [-0.3, -0.25) is 4.79 Å². The third-order valence-corrected chi connectivity index (χ3v) is 3.61. The molecule has 1 heterocycles. The van der Waals surface area contributed by atoms with Crippen LogP contribution in [-0.4, -0.2) is 23.2 Å². The summed E-state index contributed by atoms with van der Waals surface area (Å²) in [6.07, 6.45) is 0. The lowest BCUT2D eigenvalue weighted by Crippen LogP contribution is -2.17. The van der Waals surface area contributed by atoms with E-state index in [4.69, 9.17) is 16.2 Å². The first-order valence-electron chi connectivity index (χ1n) is 5.06. The molecule has 0 aliphatic heterocycles. The van der Waals surface area contributed by atoms with E-state index in [9.17, 15) is 4.79 Å². The molecule has 4 N–H and O–H groups in total. The number of aromatic nitrogens is 2. The summed E-state index contributed by atoms with van der Waals surface area (Å²) in [7, 11) is 1.52. The smallest absolute Gasteiger partial charge is 0.271 e. The zero-order valence-electron chi connectivity index (χ0n) is 9.82. The first-order valence-corrected chi connectivity index (χ1v) is 5.85. The summed E-state index contributed by atoms with van der Waals surface area (Å²) in [6.45, 7) is 1.89. The molecule has 2 rings (SSSR count). The third kappa shape index (κ3) is 1.76. The first kappa shape index (κ1) is 12.6. The molecule has 0 fully saturated rings. The Hall–Kier alpha value is -1.89. The number of aryl methyl sites for hydroxylation is 1. The molecule has 0 saturated heterocycles. The quantitative estimate of drug-likeness (QED) is 0.872. The number of amides is 1. The molecule has 1 aromatic heterocycles. The zero-order valence-corrected chi connectivity index (χ0v) is 11.4. The van der Waals surface area contributed by atoms with Crippen molar-refractivity contribution in [3.63, 3.8) is 0 Å². The van der Waals surface area contributed by atoms with E-state index in [1.165, 1.54) is 7.11 Å². The van der Waals surface area contributed by atoms with Crippen molar-refractivity contribution in [1.82, 2.24) is 10.2 Å². The van der Waals surface area contributed by atoms with Crippen LogP contribution in [0.2, 0.25) is 0 Å². The minimum absolute atomic E-state index is 0.0587. The molecular formula is C11H11BrN4O2. The number of primary amides is 1. The number of rotatable bonds is 2. The standard InChI is InChI=1S/C11H11BrN4O2/c1-4-3-5(18-2)6-8(13)10(11(14)17)16-15-9(6)7(4)12/h3H,1-2H3,(H2,13,15)(H2,14,17). The van der Waals surface area contributed by atoms with Crippen LogP contribution >= 0.6 is 15.9 Å². The number of nitrogens with two attached hydrogens (primary N) is 2. The molecule has 1 amide bonds. The number of anilines is 1. The predicted molar refractivity (Wildman–Crippen MR) is 71.5 cm³/mol. The number of hydrogen-bond donors (Lipinski definition) is 2. The highest BCUT2D eigenvalue weighted by Crippen LogP contribution is 2.37. The van der Waals surface area contributed by atoms with Crippen molar-refractivity contribution >= 4 is 38.4 Å². The second-order valence-electron chi connectivity index (χ2n) is 3.76. The van der Waals surface area contributed by atoms with Gasteiger partial charge in [-0.05, 0) is 34.5 Å². The van der Waals surface area contributed by atoms with Crippen LogP contribution < -0.4 is 16.2 Å². The number of methoxy groups -OCH3 is 1. The Bertz CT molecular complexity index is 657. The lowest BCUT2D eigenvalue weighted by molar-refractivity contribution is 0.0996. The normalized spacial score (nSPS) is 10.6. The molecule has 7 heteroatoms. The van der Waals surface area contributed by atoms with E-state index in [0.717, 1.165) is 10.0 Å². The van der Waals surface area contributed by atoms with Crippen LogP contribution in [0.4, 0.5) is 5.69 Å². The zero-order chi connectivity index (χ0) is 13.4. The summed E-state index contributed by atoms with van der Waals surface area (Å²) in [6, 6.07) is 1.80. The number of nitrogen functional groups attached to an aromatic ring is 1. The monoisotopic (exact) mass is 310 g/mol. The van der Waals surface area contributed by atoms with Crippen molar-refractivity contribution in [2.75, 3.05) is 12.8 Å². The molecule has 0 unspecified atom stereocenters. The molecule has 2 aromatic rings. The lowest BCUT2D eigenvalue weighted by Gasteiger charge is -2.12. The van der Waals surface area contributed by atoms with Gasteiger partial charge in [0.1, 0.15) is 11.3 Å². The highest BCUT2D eigenvalue weighted by Gasteiger charge is 2.18. The molecule has 0 spiro atoms. The van der Waals surface area contributed by atoms with Crippen molar-refractivity contribution in [2.45, 2.75) is 6.92 Å². The molecule has 1 aromatic carbocycles. The molecule has 0 bridgehead atoms. The van der Waals surface area contributed by atoms with E-state index in [2.05, 4.69) is 26.1 Å². The topological polar surface area (TPSA) is 104 Å². The van der Waals surface area contributed by atoms with Crippen LogP contribution in [-0.2, 0) is 0 Å². The average molecular weight is 311 g/mol. The summed E-state index contributed by atoms with van der Waals surface area (Å²) in [5.41, 5.74) is 12.7. The molecule has 6 nitrogen and oxygen atoms in total. The Morgan fingerprint density at radius 3 is 2.67 bits per heavy atom. The van der Waals surface area contributed by atoms with Gasteiger partial charge in [0.25, 0.3) is 5.91 Å². The van der Waals surface area contributed by atoms with Gasteiger partial charge in [-0.1, -0.05) is 0 Å². The molecule has 94 valence electrons. The minimum Gasteiger partial charge on any atom is -0.496 e. The second kappa shape index (κ2) is 4.41. The summed E-state index contributed by atoms with van der Waals surface area (Å²) < 4.78 is 6.02. The number of halogens is 1. The van der Waals surface area contributed by atoms with Crippen LogP contribution in [0.15, 0.2) is 10.5 Å². The van der Waals surface area contributed by atoms with Crippen LogP contribution in [0.5, 0.6) is 5.75 Å². The Morgan fingerprint density at radius 2 is 2.11 bits per heavy atom. The number of fused-ring (bicyclic) bond motifs is 1. The Balaban J connectivity index is 2.96. The van der Waals surface area contributed by atoms with Gasteiger partial charge in [0.05, 0.1) is 18.2 Å². The number of carbonyl (C=O) groups excluding carboxylic acids is 1. The lowest BCUT2D eigenvalue weighted by atomic mass is 10.1. The Morgan fingerprint density at radius 1 is 1.44 bits per heavy atom. The maximum atomic E-state index is 11.2. The van der Waals surface area contributed by atoms with Crippen molar-refractivity contribution in [1.29, 1.82) is 0 Å². The average Bonchev–Trinajstić information content (AvgIpc) is 2.33. The van der Waals surface area contributed by atoms with E-state index in [-0.39, 0.29) is 11.4 Å². The fourth-order valence-corrected chi connectivity index (χ4v) is 2.11. The Kier molecular flexibility index (Phi) is 3.08. The van der Waals surface area contributed by atoms with Gasteiger partial charge in [0.2, 0.25) is 0 Å². The molecule has 0 atom stereocenters. The maximum absolute atomic E-state index is 11.2. The molecule has 0 saturated carbocycles. The maximum Gasteiger partial charge on any atom is 0.271 e. The summed E-state index contributed by atoms with van der Waals surface area (Å²) >= 11 is 3.41. The van der Waals surface area contributed by atoms with E-state index >= 15 is 0 Å². The van der Waals surface area contributed by atoms with E-state index in [1.54, 1.807) is 6.07 Å². The van der Waals surface area contributed by atoms with Gasteiger partial charge in [0, 0.05) is 4.47 Å². The molecule has 0 aliphatic rings. The van der Waals surface area contributed by atoms with Gasteiger partial charge in [-0.15, -0.1) is 10.2 Å². The second-order valence-corrected chi connectivity index (χ2v) is 4.55. The highest BCUT2D eigenvalue weighted by atomic mass is 79.9. The van der Waals surface area contributed by atoms with Crippen LogP contribution in [0.3, 0.4) is 0 Å².